The zero-order chi connectivity index (χ0) is 9.61. The van der Waals surface area contributed by atoms with E-state index in [0.717, 1.165) is 12.3 Å². The highest BCUT2D eigenvalue weighted by molar-refractivity contribution is 5.72. The maximum absolute atomic E-state index is 11.9. The molecule has 0 heterocycles. The zero-order valence-corrected chi connectivity index (χ0v) is 6.89. The van der Waals surface area contributed by atoms with Crippen LogP contribution in [-0.2, 0) is 0 Å². The highest BCUT2D eigenvalue weighted by atomic mass is 19.4. The lowest BCUT2D eigenvalue weighted by Crippen LogP contribution is -2.09. The average molecular weight is 177 g/mol. The molecule has 1 nitrogen and oxygen atoms in total. The third kappa shape index (κ3) is 3.95. The Kier molecular flexibility index (Phi) is 4.33. The molecule has 0 bridgehead atoms. The van der Waals surface area contributed by atoms with Crippen molar-refractivity contribution < 1.29 is 13.2 Å². The Morgan fingerprint density at radius 1 is 1.25 bits per heavy atom. The van der Waals surface area contributed by atoms with Gasteiger partial charge < -0.3 is 0 Å². The van der Waals surface area contributed by atoms with E-state index in [9.17, 15) is 13.2 Å². The number of nitrogens with zero attached hydrogens (tertiary/aromatic N) is 1. The molecule has 0 N–H and O–H groups in total. The van der Waals surface area contributed by atoms with Crippen molar-refractivity contribution in [3.05, 3.63) is 23.9 Å². The molecule has 0 radical (unpaired) electrons. The number of rotatable bonds is 2. The third-order valence-corrected chi connectivity index (χ3v) is 1.06. The Morgan fingerprint density at radius 2 is 1.83 bits per heavy atom. The van der Waals surface area contributed by atoms with E-state index in [0.29, 0.717) is 0 Å². The molecule has 0 aromatic heterocycles. The molecule has 0 unspecified atom stereocenters. The molecule has 0 amide bonds. The van der Waals surface area contributed by atoms with Crippen LogP contribution in [-0.4, -0.2) is 12.4 Å². The van der Waals surface area contributed by atoms with Gasteiger partial charge in [0.25, 0.3) is 0 Å². The first-order chi connectivity index (χ1) is 5.52. The minimum absolute atomic E-state index is 0.874. The molecule has 0 spiro atoms. The summed E-state index contributed by atoms with van der Waals surface area (Å²) in [5.74, 6) is 0. The standard InChI is InChI=1S/C8H10F3N/c1-3-5-6-12-7(4-2)8(9,10)11/h3-6H,1-2H3/b5-3?,7-4-,12-6?. The summed E-state index contributed by atoms with van der Waals surface area (Å²) in [6.07, 6.45) is 0.734. The largest absolute Gasteiger partial charge is 0.432 e. The first kappa shape index (κ1) is 10.9. The summed E-state index contributed by atoms with van der Waals surface area (Å²) in [5, 5.41) is 0. The lowest BCUT2D eigenvalue weighted by molar-refractivity contribution is -0.0923. The highest BCUT2D eigenvalue weighted by Gasteiger charge is 2.32. The first-order valence-electron chi connectivity index (χ1n) is 3.41. The van der Waals surface area contributed by atoms with Crippen LogP contribution >= 0.6 is 0 Å². The van der Waals surface area contributed by atoms with Gasteiger partial charge in [-0.3, -0.25) is 4.99 Å². The van der Waals surface area contributed by atoms with Crippen molar-refractivity contribution in [2.45, 2.75) is 20.0 Å². The van der Waals surface area contributed by atoms with Gasteiger partial charge in [0.05, 0.1) is 0 Å². The summed E-state index contributed by atoms with van der Waals surface area (Å²) in [5.41, 5.74) is -0.874. The molecule has 0 aliphatic heterocycles. The molecule has 0 aliphatic rings. The molecule has 12 heavy (non-hydrogen) atoms. The van der Waals surface area contributed by atoms with Crippen LogP contribution in [0.2, 0.25) is 0 Å². The van der Waals surface area contributed by atoms with Crippen molar-refractivity contribution in [2.24, 2.45) is 4.99 Å². The fourth-order valence-electron chi connectivity index (χ4n) is 0.521. The number of alkyl halides is 3. The van der Waals surface area contributed by atoms with Crippen LogP contribution in [0.25, 0.3) is 0 Å². The molecule has 0 aromatic rings. The first-order valence-corrected chi connectivity index (χ1v) is 3.41. The van der Waals surface area contributed by atoms with Gasteiger partial charge in [0.1, 0.15) is 5.70 Å². The number of aliphatic imine (C=N–C) groups is 1. The fourth-order valence-corrected chi connectivity index (χ4v) is 0.521. The van der Waals surface area contributed by atoms with Crippen molar-refractivity contribution >= 4 is 6.21 Å². The summed E-state index contributed by atoms with van der Waals surface area (Å²) in [4.78, 5) is 3.23. The zero-order valence-electron chi connectivity index (χ0n) is 6.89. The molecule has 0 saturated carbocycles. The van der Waals surface area contributed by atoms with E-state index in [1.807, 2.05) is 0 Å². The lowest BCUT2D eigenvalue weighted by atomic mass is 10.4. The van der Waals surface area contributed by atoms with Crippen molar-refractivity contribution in [3.8, 4) is 0 Å². The summed E-state index contributed by atoms with van der Waals surface area (Å²) in [6, 6.07) is 0. The Morgan fingerprint density at radius 3 is 2.17 bits per heavy atom. The second kappa shape index (κ2) is 4.74. The van der Waals surface area contributed by atoms with E-state index in [-0.39, 0.29) is 0 Å². The van der Waals surface area contributed by atoms with Gasteiger partial charge in [-0.25, -0.2) is 0 Å². The maximum atomic E-state index is 11.9. The summed E-state index contributed by atoms with van der Waals surface area (Å²) in [7, 11) is 0. The smallest absolute Gasteiger partial charge is 0.252 e. The number of hydrogen-bond acceptors (Lipinski definition) is 1. The van der Waals surface area contributed by atoms with Gasteiger partial charge in [-0.15, -0.1) is 0 Å². The molecule has 0 atom stereocenters. The van der Waals surface area contributed by atoms with E-state index in [2.05, 4.69) is 4.99 Å². The molecular formula is C8H10F3N. The molecule has 0 fully saturated rings. The monoisotopic (exact) mass is 177 g/mol. The van der Waals surface area contributed by atoms with Crippen LogP contribution in [0.1, 0.15) is 13.8 Å². The SMILES string of the molecule is CC=CC=N/C(=C\C)C(F)(F)F. The number of halogens is 3. The number of allylic oxidation sites excluding steroid dienone is 4. The summed E-state index contributed by atoms with van der Waals surface area (Å²) < 4.78 is 35.8. The second-order valence-corrected chi connectivity index (χ2v) is 1.98. The minimum Gasteiger partial charge on any atom is -0.252 e. The van der Waals surface area contributed by atoms with Gasteiger partial charge in [0.2, 0.25) is 0 Å². The predicted molar refractivity (Wildman–Crippen MR) is 43.1 cm³/mol. The van der Waals surface area contributed by atoms with Crippen molar-refractivity contribution in [1.82, 2.24) is 0 Å². The van der Waals surface area contributed by atoms with Gasteiger partial charge in [-0.2, -0.15) is 13.2 Å². The van der Waals surface area contributed by atoms with Gasteiger partial charge in [-0.1, -0.05) is 12.2 Å². The van der Waals surface area contributed by atoms with Crippen LogP contribution < -0.4 is 0 Å². The van der Waals surface area contributed by atoms with Crippen LogP contribution in [0.3, 0.4) is 0 Å². The minimum atomic E-state index is -4.35. The van der Waals surface area contributed by atoms with Gasteiger partial charge in [0, 0.05) is 6.21 Å². The molecule has 0 rings (SSSR count). The van der Waals surface area contributed by atoms with E-state index in [4.69, 9.17) is 0 Å². The van der Waals surface area contributed by atoms with Crippen LogP contribution in [0.15, 0.2) is 28.9 Å². The summed E-state index contributed by atoms with van der Waals surface area (Å²) in [6.45, 7) is 3.00. The van der Waals surface area contributed by atoms with E-state index in [1.54, 1.807) is 13.0 Å². The predicted octanol–water partition coefficient (Wildman–Crippen LogP) is 3.10. The van der Waals surface area contributed by atoms with E-state index < -0.39 is 11.9 Å². The molecular weight excluding hydrogens is 167 g/mol. The lowest BCUT2D eigenvalue weighted by Gasteiger charge is -2.04. The Bertz CT molecular complexity index is 211. The van der Waals surface area contributed by atoms with E-state index >= 15 is 0 Å². The quantitative estimate of drug-likeness (QED) is 0.574. The highest BCUT2D eigenvalue weighted by Crippen LogP contribution is 2.25. The third-order valence-electron chi connectivity index (χ3n) is 1.06. The molecule has 68 valence electrons. The second-order valence-electron chi connectivity index (χ2n) is 1.98. The molecule has 4 heteroatoms. The van der Waals surface area contributed by atoms with Crippen molar-refractivity contribution in [1.29, 1.82) is 0 Å². The van der Waals surface area contributed by atoms with E-state index in [1.165, 1.54) is 13.0 Å². The molecule has 0 aliphatic carbocycles. The van der Waals surface area contributed by atoms with Crippen LogP contribution in [0.4, 0.5) is 13.2 Å². The van der Waals surface area contributed by atoms with Gasteiger partial charge in [0.15, 0.2) is 0 Å². The maximum Gasteiger partial charge on any atom is 0.432 e. The molecule has 0 aromatic carbocycles. The Hall–Kier alpha value is -1.06. The topological polar surface area (TPSA) is 12.4 Å². The fraction of sp³-hybridized carbons (Fsp3) is 0.375. The van der Waals surface area contributed by atoms with Gasteiger partial charge in [-0.05, 0) is 19.9 Å². The van der Waals surface area contributed by atoms with Crippen molar-refractivity contribution in [2.75, 3.05) is 0 Å². The Balaban J connectivity index is 4.41. The van der Waals surface area contributed by atoms with Gasteiger partial charge >= 0.3 is 6.18 Å². The van der Waals surface area contributed by atoms with Crippen molar-refractivity contribution in [3.63, 3.8) is 0 Å². The Labute approximate surface area is 69.3 Å². The van der Waals surface area contributed by atoms with Crippen LogP contribution in [0.5, 0.6) is 0 Å². The summed E-state index contributed by atoms with van der Waals surface area (Å²) >= 11 is 0. The molecule has 0 saturated heterocycles. The normalized spacial score (nSPS) is 14.9. The number of hydrogen-bond donors (Lipinski definition) is 0. The van der Waals surface area contributed by atoms with Crippen LogP contribution in [0, 0.1) is 0 Å². The average Bonchev–Trinajstić information content (AvgIpc) is 1.95.